The smallest absolute Gasteiger partial charge is 0.308 e. The summed E-state index contributed by atoms with van der Waals surface area (Å²) in [5, 5.41) is 16.4. The minimum Gasteiger partial charge on any atom is -0.459 e. The van der Waals surface area contributed by atoms with Crippen molar-refractivity contribution in [2.45, 2.75) is 103 Å². The van der Waals surface area contributed by atoms with Crippen LogP contribution in [0.3, 0.4) is 0 Å². The van der Waals surface area contributed by atoms with Crippen molar-refractivity contribution >= 4 is 23.6 Å². The second-order valence-corrected chi connectivity index (χ2v) is 13.9. The summed E-state index contributed by atoms with van der Waals surface area (Å²) in [5.74, 6) is 0.989. The summed E-state index contributed by atoms with van der Waals surface area (Å²) in [6, 6.07) is 16.1. The number of hydrogen-bond acceptors (Lipinski definition) is 4. The molecule has 0 amide bonds. The molecule has 2 aromatic carbocycles. The van der Waals surface area contributed by atoms with E-state index in [4.69, 9.17) is 16.3 Å². The van der Waals surface area contributed by atoms with Crippen LogP contribution >= 0.6 is 11.6 Å². The van der Waals surface area contributed by atoms with E-state index in [9.17, 15) is 9.90 Å². The molecular weight excluding hydrogens is 506 g/mol. The van der Waals surface area contributed by atoms with E-state index in [0.717, 1.165) is 49.3 Å². The van der Waals surface area contributed by atoms with Crippen LogP contribution in [0.1, 0.15) is 95.8 Å². The molecular formula is C34H44ClNO3. The third-order valence-corrected chi connectivity index (χ3v) is 10.1. The van der Waals surface area contributed by atoms with Gasteiger partial charge in [0.15, 0.2) is 0 Å². The van der Waals surface area contributed by atoms with Crippen molar-refractivity contribution in [1.82, 2.24) is 5.32 Å². The molecule has 5 heteroatoms. The Hall–Kier alpha value is -2.30. The largest absolute Gasteiger partial charge is 0.459 e. The van der Waals surface area contributed by atoms with Crippen molar-refractivity contribution in [2.24, 2.45) is 17.3 Å². The van der Waals surface area contributed by atoms with Crippen molar-refractivity contribution in [3.8, 4) is 0 Å². The van der Waals surface area contributed by atoms with Crippen LogP contribution in [0.2, 0.25) is 5.02 Å². The van der Waals surface area contributed by atoms with Crippen LogP contribution in [0.15, 0.2) is 54.2 Å². The lowest BCUT2D eigenvalue weighted by Gasteiger charge is -2.64. The lowest BCUT2D eigenvalue weighted by Crippen LogP contribution is -2.61. The summed E-state index contributed by atoms with van der Waals surface area (Å²) >= 11 is 6.02. The molecule has 0 saturated heterocycles. The van der Waals surface area contributed by atoms with Gasteiger partial charge in [0.05, 0.1) is 12.0 Å². The Labute approximate surface area is 239 Å². The molecule has 0 aliphatic heterocycles. The standard InChI is InChI=1S/C34H44ClNO3/c1-6-26(19-31(37)39-32(2,3)20-22-11-13-25(35)14-12-22)36-29-17-23-9-7-8-10-27(23)28(29)21-34(38)16-15-24-18-30(34)33(24,4)5/h7-14,17,24,26,28,30,36,38H,6,15-16,18-21H2,1-5H3. The summed E-state index contributed by atoms with van der Waals surface area (Å²) < 4.78 is 5.97. The Morgan fingerprint density at radius 1 is 1.18 bits per heavy atom. The van der Waals surface area contributed by atoms with E-state index in [1.807, 2.05) is 38.1 Å². The average molecular weight is 550 g/mol. The molecule has 2 aromatic rings. The average Bonchev–Trinajstić information content (AvgIpc) is 3.20. The minimum atomic E-state index is -0.659. The lowest BCUT2D eigenvalue weighted by molar-refractivity contribution is -0.205. The van der Waals surface area contributed by atoms with Crippen LogP contribution in [0.5, 0.6) is 0 Å². The molecule has 4 aliphatic carbocycles. The maximum atomic E-state index is 13.1. The Kier molecular flexibility index (Phi) is 7.67. The number of allylic oxidation sites excluding steroid dienone is 1. The molecule has 5 unspecified atom stereocenters. The van der Waals surface area contributed by atoms with E-state index < -0.39 is 11.2 Å². The summed E-state index contributed by atoms with van der Waals surface area (Å²) in [6.07, 6.45) is 7.79. The highest BCUT2D eigenvalue weighted by atomic mass is 35.5. The molecule has 2 bridgehead atoms. The molecule has 2 N–H and O–H groups in total. The van der Waals surface area contributed by atoms with Gasteiger partial charge in [0.1, 0.15) is 5.60 Å². The highest BCUT2D eigenvalue weighted by molar-refractivity contribution is 6.30. The number of esters is 1. The molecule has 3 fully saturated rings. The van der Waals surface area contributed by atoms with Gasteiger partial charge in [-0.25, -0.2) is 0 Å². The van der Waals surface area contributed by atoms with Crippen molar-refractivity contribution in [2.75, 3.05) is 0 Å². The Balaban J connectivity index is 1.26. The highest BCUT2D eigenvalue weighted by Crippen LogP contribution is 2.64. The number of carbonyl (C=O) groups excluding carboxylic acids is 1. The van der Waals surface area contributed by atoms with E-state index in [-0.39, 0.29) is 23.3 Å². The van der Waals surface area contributed by atoms with Gasteiger partial charge in [-0.2, -0.15) is 0 Å². The number of nitrogens with one attached hydrogen (secondary N) is 1. The fourth-order valence-electron chi connectivity index (χ4n) is 7.59. The highest BCUT2D eigenvalue weighted by Gasteiger charge is 2.61. The fourth-order valence-corrected chi connectivity index (χ4v) is 7.71. The summed E-state index contributed by atoms with van der Waals surface area (Å²) in [5.41, 5.74) is 3.60. The zero-order chi connectivity index (χ0) is 28.0. The molecule has 0 aromatic heterocycles. The van der Waals surface area contributed by atoms with Gasteiger partial charge < -0.3 is 15.2 Å². The molecule has 0 spiro atoms. The van der Waals surface area contributed by atoms with Crippen molar-refractivity contribution < 1.29 is 14.6 Å². The Morgan fingerprint density at radius 2 is 1.90 bits per heavy atom. The van der Waals surface area contributed by atoms with Crippen molar-refractivity contribution in [3.05, 3.63) is 75.9 Å². The molecule has 3 saturated carbocycles. The van der Waals surface area contributed by atoms with Crippen LogP contribution in [-0.2, 0) is 16.0 Å². The van der Waals surface area contributed by atoms with Crippen molar-refractivity contribution in [3.63, 3.8) is 0 Å². The maximum Gasteiger partial charge on any atom is 0.308 e. The molecule has 5 atom stereocenters. The zero-order valence-electron chi connectivity index (χ0n) is 24.1. The first kappa shape index (κ1) is 28.2. The molecule has 6 rings (SSSR count). The van der Waals surface area contributed by atoms with Crippen molar-refractivity contribution in [1.29, 1.82) is 0 Å². The topological polar surface area (TPSA) is 58.6 Å². The number of hydrogen-bond donors (Lipinski definition) is 2. The summed E-state index contributed by atoms with van der Waals surface area (Å²) in [6.45, 7) is 10.7. The van der Waals surface area contributed by atoms with Crippen LogP contribution < -0.4 is 5.32 Å². The Bertz CT molecular complexity index is 1230. The quantitative estimate of drug-likeness (QED) is 0.298. The van der Waals surface area contributed by atoms with Crippen LogP contribution in [0, 0.1) is 17.3 Å². The summed E-state index contributed by atoms with van der Waals surface area (Å²) in [4.78, 5) is 13.1. The first-order valence-electron chi connectivity index (χ1n) is 14.7. The minimum absolute atomic E-state index is 0.0441. The van der Waals surface area contributed by atoms with Crippen LogP contribution in [-0.4, -0.2) is 28.3 Å². The predicted molar refractivity (Wildman–Crippen MR) is 158 cm³/mol. The van der Waals surface area contributed by atoms with Crippen LogP contribution in [0.25, 0.3) is 6.08 Å². The van der Waals surface area contributed by atoms with E-state index in [1.54, 1.807) is 0 Å². The van der Waals surface area contributed by atoms with Gasteiger partial charge in [-0.1, -0.05) is 68.8 Å². The molecule has 39 heavy (non-hydrogen) atoms. The molecule has 0 radical (unpaired) electrons. The Morgan fingerprint density at radius 3 is 2.56 bits per heavy atom. The predicted octanol–water partition coefficient (Wildman–Crippen LogP) is 7.68. The van der Waals surface area contributed by atoms with Gasteiger partial charge in [0.25, 0.3) is 0 Å². The first-order valence-corrected chi connectivity index (χ1v) is 15.0. The van der Waals surface area contributed by atoms with E-state index >= 15 is 0 Å². The monoisotopic (exact) mass is 549 g/mol. The number of halogens is 1. The van der Waals surface area contributed by atoms with Gasteiger partial charge in [0, 0.05) is 29.1 Å². The zero-order valence-corrected chi connectivity index (χ0v) is 24.9. The van der Waals surface area contributed by atoms with Gasteiger partial charge in [-0.05, 0) is 98.1 Å². The number of fused-ring (bicyclic) bond motifs is 3. The number of aliphatic hydroxyl groups is 1. The molecule has 4 aliphatic rings. The van der Waals surface area contributed by atoms with E-state index in [0.29, 0.717) is 23.8 Å². The lowest BCUT2D eigenvalue weighted by atomic mass is 9.43. The molecule has 0 heterocycles. The number of ether oxygens (including phenoxy) is 1. The normalized spacial score (nSPS) is 27.7. The second kappa shape index (κ2) is 10.6. The van der Waals surface area contributed by atoms with Gasteiger partial charge in [0.2, 0.25) is 0 Å². The SMILES string of the molecule is CCC(CC(=O)OC(C)(C)Cc1ccc(Cl)cc1)NC1=Cc2ccccc2C1CC1(O)CCC2CC1C2(C)C. The molecule has 210 valence electrons. The second-order valence-electron chi connectivity index (χ2n) is 13.4. The van der Waals surface area contributed by atoms with E-state index in [1.165, 1.54) is 11.1 Å². The maximum absolute atomic E-state index is 13.1. The number of carbonyl (C=O) groups is 1. The van der Waals surface area contributed by atoms with Gasteiger partial charge >= 0.3 is 5.97 Å². The van der Waals surface area contributed by atoms with E-state index in [2.05, 4.69) is 56.4 Å². The van der Waals surface area contributed by atoms with Gasteiger partial charge in [-0.15, -0.1) is 0 Å². The number of rotatable bonds is 10. The fraction of sp³-hybridized carbons (Fsp3) is 0.559. The third kappa shape index (κ3) is 5.79. The number of benzene rings is 2. The first-order chi connectivity index (χ1) is 18.4. The third-order valence-electron chi connectivity index (χ3n) is 9.87. The summed E-state index contributed by atoms with van der Waals surface area (Å²) in [7, 11) is 0. The van der Waals surface area contributed by atoms with Crippen LogP contribution in [0.4, 0.5) is 0 Å². The molecule has 4 nitrogen and oxygen atoms in total. The van der Waals surface area contributed by atoms with Gasteiger partial charge in [-0.3, -0.25) is 4.79 Å².